The van der Waals surface area contributed by atoms with Crippen molar-refractivity contribution in [1.29, 1.82) is 0 Å². The maximum Gasteiger partial charge on any atom is 0.253 e. The summed E-state index contributed by atoms with van der Waals surface area (Å²) in [5.74, 6) is -3.09. The van der Waals surface area contributed by atoms with Crippen molar-refractivity contribution in [2.45, 2.75) is 50.3 Å². The molecule has 0 aliphatic carbocycles. The molecule has 4 rings (SSSR count). The zero-order valence-corrected chi connectivity index (χ0v) is 24.7. The predicted octanol–water partition coefficient (Wildman–Crippen LogP) is 4.21. The van der Waals surface area contributed by atoms with Crippen molar-refractivity contribution in [3.05, 3.63) is 100 Å². The van der Waals surface area contributed by atoms with Gasteiger partial charge in [-0.05, 0) is 44.0 Å². The monoisotopic (exact) mass is 595 g/mol. The number of aliphatic hydroxyl groups is 1. The Balaban J connectivity index is 1.65. The normalized spacial score (nSPS) is 18.4. The van der Waals surface area contributed by atoms with Crippen molar-refractivity contribution >= 4 is 41.0 Å². The van der Waals surface area contributed by atoms with Crippen LogP contribution in [0.25, 0.3) is 0 Å². The molecule has 4 atom stereocenters. The summed E-state index contributed by atoms with van der Waals surface area (Å²) < 4.78 is -0.678. The third-order valence-corrected chi connectivity index (χ3v) is 9.27. The predicted molar refractivity (Wildman–Crippen MR) is 161 cm³/mol. The quantitative estimate of drug-likeness (QED) is 0.272. The van der Waals surface area contributed by atoms with Gasteiger partial charge in [0.05, 0.1) is 11.8 Å². The minimum atomic E-state index is -1.85. The van der Waals surface area contributed by atoms with Crippen molar-refractivity contribution in [2.24, 2.45) is 11.7 Å². The number of nitrogens with zero attached hydrogens (tertiary/aromatic N) is 1. The highest BCUT2D eigenvalue weighted by Crippen LogP contribution is 2.41. The van der Waals surface area contributed by atoms with Crippen LogP contribution in [0.3, 0.4) is 0 Å². The lowest BCUT2D eigenvalue weighted by Crippen LogP contribution is -2.57. The van der Waals surface area contributed by atoms with Crippen LogP contribution in [0.1, 0.15) is 46.9 Å². The summed E-state index contributed by atoms with van der Waals surface area (Å²) in [6.45, 7) is 5.45. The molecule has 1 fully saturated rings. The topological polar surface area (TPSA) is 133 Å². The summed E-state index contributed by atoms with van der Waals surface area (Å²) in [6.07, 6.45) is -1.85. The number of phenols is 1. The molecule has 2 amide bonds. The standard InChI is InChI=1S/C31H34ClN3O5S/c1-18-21(13-9-15-23(18)36)26(37)24(25(33)19-10-5-4-6-11-19)27(38)30(40)35-17-41-31(2,3)28(35)29(39)34-16-20-12-7-8-14-22(20)32/h4-15,24-25,27-28,36,38H,16-17,33H2,1-3H3,(H,34,39)/t24-,25?,27+,28-/m1/s1. The Morgan fingerprint density at radius 1 is 1.07 bits per heavy atom. The number of Topliss-reactive ketones (excluding diaryl/α,β-unsaturated/α-hetero) is 1. The van der Waals surface area contributed by atoms with E-state index in [2.05, 4.69) is 5.32 Å². The van der Waals surface area contributed by atoms with E-state index in [0.717, 1.165) is 5.56 Å². The first-order chi connectivity index (χ1) is 19.4. The minimum absolute atomic E-state index is 0.0864. The summed E-state index contributed by atoms with van der Waals surface area (Å²) >= 11 is 7.65. The lowest BCUT2D eigenvalue weighted by atomic mass is 9.81. The fraction of sp³-hybridized carbons (Fsp3) is 0.323. The molecular formula is C31H34ClN3O5S. The molecule has 3 aromatic rings. The molecule has 5 N–H and O–H groups in total. The SMILES string of the molecule is Cc1c(O)cccc1C(=O)[C@@H](C(N)c1ccccc1)[C@H](O)C(=O)N1CSC(C)(C)[C@H]1C(=O)NCc1ccccc1Cl. The van der Waals surface area contributed by atoms with Gasteiger partial charge in [0.25, 0.3) is 5.91 Å². The Morgan fingerprint density at radius 2 is 1.73 bits per heavy atom. The molecule has 1 aliphatic rings. The summed E-state index contributed by atoms with van der Waals surface area (Å²) in [5.41, 5.74) is 8.32. The Bertz CT molecular complexity index is 1430. The van der Waals surface area contributed by atoms with Gasteiger partial charge < -0.3 is 26.2 Å². The molecule has 0 aromatic heterocycles. The van der Waals surface area contributed by atoms with Crippen LogP contribution in [0, 0.1) is 12.8 Å². The second-order valence-electron chi connectivity index (χ2n) is 10.6. The molecule has 1 unspecified atom stereocenters. The molecule has 0 spiro atoms. The largest absolute Gasteiger partial charge is 0.508 e. The van der Waals surface area contributed by atoms with E-state index in [1.165, 1.54) is 34.9 Å². The number of aliphatic hydroxyl groups excluding tert-OH is 1. The first kappa shape index (κ1) is 30.6. The van der Waals surface area contributed by atoms with Gasteiger partial charge in [-0.25, -0.2) is 0 Å². The summed E-state index contributed by atoms with van der Waals surface area (Å²) in [4.78, 5) is 42.6. The summed E-state index contributed by atoms with van der Waals surface area (Å²) in [6, 6.07) is 18.4. The second kappa shape index (κ2) is 12.7. The lowest BCUT2D eigenvalue weighted by Gasteiger charge is -2.34. The first-order valence-electron chi connectivity index (χ1n) is 13.2. The molecule has 8 nitrogen and oxygen atoms in total. The van der Waals surface area contributed by atoms with Crippen LogP contribution in [0.5, 0.6) is 5.75 Å². The van der Waals surface area contributed by atoms with Crippen LogP contribution < -0.4 is 11.1 Å². The van der Waals surface area contributed by atoms with Gasteiger partial charge in [0.1, 0.15) is 17.9 Å². The highest BCUT2D eigenvalue weighted by atomic mass is 35.5. The molecule has 0 saturated carbocycles. The van der Waals surface area contributed by atoms with Crippen molar-refractivity contribution in [2.75, 3.05) is 5.88 Å². The van der Waals surface area contributed by atoms with E-state index in [1.807, 2.05) is 19.9 Å². The molecule has 216 valence electrons. The Hall–Kier alpha value is -3.37. The Labute approximate surface area is 248 Å². The van der Waals surface area contributed by atoms with Crippen LogP contribution in [-0.2, 0) is 16.1 Å². The van der Waals surface area contributed by atoms with Crippen molar-refractivity contribution < 1.29 is 24.6 Å². The fourth-order valence-corrected chi connectivity index (χ4v) is 6.46. The van der Waals surface area contributed by atoms with Gasteiger partial charge in [0.15, 0.2) is 5.78 Å². The minimum Gasteiger partial charge on any atom is -0.508 e. The molecule has 3 aromatic carbocycles. The number of aromatic hydroxyl groups is 1. The molecule has 41 heavy (non-hydrogen) atoms. The molecule has 1 aliphatic heterocycles. The maximum absolute atomic E-state index is 13.9. The van der Waals surface area contributed by atoms with E-state index in [-0.39, 0.29) is 23.7 Å². The van der Waals surface area contributed by atoms with E-state index in [4.69, 9.17) is 17.3 Å². The lowest BCUT2D eigenvalue weighted by molar-refractivity contribution is -0.148. The maximum atomic E-state index is 13.9. The van der Waals surface area contributed by atoms with Crippen LogP contribution in [0.2, 0.25) is 5.02 Å². The van der Waals surface area contributed by atoms with Gasteiger partial charge in [-0.1, -0.05) is 72.3 Å². The average Bonchev–Trinajstić information content (AvgIpc) is 3.28. The van der Waals surface area contributed by atoms with Gasteiger partial charge in [-0.2, -0.15) is 0 Å². The molecule has 0 radical (unpaired) electrons. The number of halogens is 1. The van der Waals surface area contributed by atoms with E-state index in [0.29, 0.717) is 16.1 Å². The van der Waals surface area contributed by atoms with Crippen LogP contribution in [0.4, 0.5) is 0 Å². The van der Waals surface area contributed by atoms with Crippen LogP contribution in [-0.4, -0.2) is 55.5 Å². The number of rotatable bonds is 9. The van der Waals surface area contributed by atoms with E-state index >= 15 is 0 Å². The number of carbonyl (C=O) groups is 3. The van der Waals surface area contributed by atoms with Crippen molar-refractivity contribution in [3.8, 4) is 5.75 Å². The average molecular weight is 596 g/mol. The number of phenolic OH excluding ortho intramolecular Hbond substituents is 1. The number of amides is 2. The van der Waals surface area contributed by atoms with Crippen molar-refractivity contribution in [1.82, 2.24) is 10.2 Å². The highest BCUT2D eigenvalue weighted by Gasteiger charge is 2.51. The van der Waals surface area contributed by atoms with Gasteiger partial charge >= 0.3 is 0 Å². The molecule has 1 saturated heterocycles. The molecule has 10 heteroatoms. The first-order valence-corrected chi connectivity index (χ1v) is 14.6. The Morgan fingerprint density at radius 3 is 2.41 bits per heavy atom. The third-order valence-electron chi connectivity index (χ3n) is 7.53. The molecule has 1 heterocycles. The third kappa shape index (κ3) is 6.43. The van der Waals surface area contributed by atoms with Crippen LogP contribution >= 0.6 is 23.4 Å². The number of ketones is 1. The van der Waals surface area contributed by atoms with Gasteiger partial charge in [0.2, 0.25) is 5.91 Å². The number of nitrogens with two attached hydrogens (primary N) is 1. The summed E-state index contributed by atoms with van der Waals surface area (Å²) in [5, 5.41) is 25.2. The second-order valence-corrected chi connectivity index (χ2v) is 12.6. The highest BCUT2D eigenvalue weighted by molar-refractivity contribution is 8.00. The number of benzene rings is 3. The smallest absolute Gasteiger partial charge is 0.253 e. The van der Waals surface area contributed by atoms with Crippen LogP contribution in [0.15, 0.2) is 72.8 Å². The zero-order valence-electron chi connectivity index (χ0n) is 23.1. The van der Waals surface area contributed by atoms with Gasteiger partial charge in [-0.3, -0.25) is 14.4 Å². The fourth-order valence-electron chi connectivity index (χ4n) is 5.11. The molecule has 0 bridgehead atoms. The summed E-state index contributed by atoms with van der Waals surface area (Å²) in [7, 11) is 0. The number of carbonyl (C=O) groups excluding carboxylic acids is 3. The number of nitrogens with one attached hydrogen (secondary N) is 1. The van der Waals surface area contributed by atoms with E-state index in [1.54, 1.807) is 55.5 Å². The molecular weight excluding hydrogens is 562 g/mol. The van der Waals surface area contributed by atoms with Gasteiger partial charge in [-0.15, -0.1) is 11.8 Å². The van der Waals surface area contributed by atoms with Crippen molar-refractivity contribution in [3.63, 3.8) is 0 Å². The number of hydrogen-bond acceptors (Lipinski definition) is 7. The number of thioether (sulfide) groups is 1. The number of hydrogen-bond donors (Lipinski definition) is 4. The van der Waals surface area contributed by atoms with E-state index in [9.17, 15) is 24.6 Å². The Kier molecular flexibility index (Phi) is 9.44. The zero-order chi connectivity index (χ0) is 29.9. The van der Waals surface area contributed by atoms with E-state index < -0.39 is 46.5 Å². The van der Waals surface area contributed by atoms with Gasteiger partial charge in [0, 0.05) is 33.5 Å².